The molecular weight excluding hydrogens is 230 g/mol. The van der Waals surface area contributed by atoms with Gasteiger partial charge in [0.25, 0.3) is 0 Å². The van der Waals surface area contributed by atoms with E-state index in [0.29, 0.717) is 17.3 Å². The van der Waals surface area contributed by atoms with Crippen LogP contribution in [0.25, 0.3) is 0 Å². The lowest BCUT2D eigenvalue weighted by atomic mass is 10.2. The topological polar surface area (TPSA) is 49.8 Å². The second kappa shape index (κ2) is 5.72. The maximum absolute atomic E-state index is 10.5. The van der Waals surface area contributed by atoms with Gasteiger partial charge in [0.1, 0.15) is 5.75 Å². The van der Waals surface area contributed by atoms with Gasteiger partial charge < -0.3 is 9.84 Å². The summed E-state index contributed by atoms with van der Waals surface area (Å²) >= 11 is 6.03. The molecule has 0 bridgehead atoms. The SMILES string of the molecule is COc1ccc(CN(C)CC(=O)O)c(Cl)c1. The van der Waals surface area contributed by atoms with E-state index in [1.807, 2.05) is 6.07 Å². The van der Waals surface area contributed by atoms with Crippen LogP contribution in [-0.2, 0) is 11.3 Å². The zero-order valence-electron chi connectivity index (χ0n) is 9.24. The van der Waals surface area contributed by atoms with Crippen molar-refractivity contribution in [3.05, 3.63) is 28.8 Å². The highest BCUT2D eigenvalue weighted by Gasteiger charge is 2.08. The van der Waals surface area contributed by atoms with Crippen molar-refractivity contribution in [3.63, 3.8) is 0 Å². The number of likely N-dealkylation sites (N-methyl/N-ethyl adjacent to an activating group) is 1. The van der Waals surface area contributed by atoms with Crippen LogP contribution in [0.3, 0.4) is 0 Å². The smallest absolute Gasteiger partial charge is 0.317 e. The van der Waals surface area contributed by atoms with E-state index in [4.69, 9.17) is 21.4 Å². The Balaban J connectivity index is 2.70. The van der Waals surface area contributed by atoms with Crippen LogP contribution in [-0.4, -0.2) is 36.7 Å². The first-order chi connectivity index (χ1) is 7.52. The van der Waals surface area contributed by atoms with E-state index in [9.17, 15) is 4.79 Å². The minimum atomic E-state index is -0.855. The molecule has 0 fully saturated rings. The van der Waals surface area contributed by atoms with Gasteiger partial charge in [-0.1, -0.05) is 17.7 Å². The van der Waals surface area contributed by atoms with Crippen molar-refractivity contribution >= 4 is 17.6 Å². The Morgan fingerprint density at radius 1 is 1.56 bits per heavy atom. The molecule has 0 unspecified atom stereocenters. The molecule has 0 radical (unpaired) electrons. The van der Waals surface area contributed by atoms with Crippen LogP contribution in [0.5, 0.6) is 5.75 Å². The van der Waals surface area contributed by atoms with E-state index in [0.717, 1.165) is 5.56 Å². The van der Waals surface area contributed by atoms with Crippen LogP contribution in [0.15, 0.2) is 18.2 Å². The third-order valence-corrected chi connectivity index (χ3v) is 2.46. The van der Waals surface area contributed by atoms with Gasteiger partial charge in [-0.25, -0.2) is 0 Å². The van der Waals surface area contributed by atoms with Crippen LogP contribution >= 0.6 is 11.6 Å². The normalized spacial score (nSPS) is 10.5. The number of ether oxygens (including phenoxy) is 1. The van der Waals surface area contributed by atoms with Crippen LogP contribution in [0.4, 0.5) is 0 Å². The fourth-order valence-corrected chi connectivity index (χ4v) is 1.59. The molecule has 1 rings (SSSR count). The van der Waals surface area contributed by atoms with Gasteiger partial charge in [0.05, 0.1) is 13.7 Å². The maximum atomic E-state index is 10.5. The van der Waals surface area contributed by atoms with Crippen molar-refractivity contribution in [1.82, 2.24) is 4.90 Å². The average Bonchev–Trinajstić information content (AvgIpc) is 2.19. The fourth-order valence-electron chi connectivity index (χ4n) is 1.36. The molecule has 0 aliphatic carbocycles. The molecule has 0 saturated carbocycles. The summed E-state index contributed by atoms with van der Waals surface area (Å²) < 4.78 is 5.03. The number of halogens is 1. The summed E-state index contributed by atoms with van der Waals surface area (Å²) in [4.78, 5) is 12.2. The Kier molecular flexibility index (Phi) is 4.58. The number of rotatable bonds is 5. The Labute approximate surface area is 99.4 Å². The summed E-state index contributed by atoms with van der Waals surface area (Å²) in [7, 11) is 3.30. The number of hydrogen-bond donors (Lipinski definition) is 1. The number of aliphatic carboxylic acids is 1. The molecule has 0 amide bonds. The molecule has 0 spiro atoms. The Hall–Kier alpha value is -1.26. The molecule has 0 aliphatic heterocycles. The van der Waals surface area contributed by atoms with Gasteiger partial charge in [-0.3, -0.25) is 9.69 Å². The lowest BCUT2D eigenvalue weighted by Crippen LogP contribution is -2.25. The number of benzene rings is 1. The summed E-state index contributed by atoms with van der Waals surface area (Å²) in [6.07, 6.45) is 0. The van der Waals surface area contributed by atoms with Crippen LogP contribution in [0.1, 0.15) is 5.56 Å². The largest absolute Gasteiger partial charge is 0.497 e. The van der Waals surface area contributed by atoms with Crippen molar-refractivity contribution in [2.45, 2.75) is 6.54 Å². The third-order valence-electron chi connectivity index (χ3n) is 2.11. The van der Waals surface area contributed by atoms with Crippen molar-refractivity contribution in [1.29, 1.82) is 0 Å². The van der Waals surface area contributed by atoms with Gasteiger partial charge in [-0.2, -0.15) is 0 Å². The zero-order chi connectivity index (χ0) is 12.1. The van der Waals surface area contributed by atoms with E-state index >= 15 is 0 Å². The number of carboxylic acid groups (broad SMARTS) is 1. The summed E-state index contributed by atoms with van der Waals surface area (Å²) in [5.41, 5.74) is 0.881. The molecule has 5 heteroatoms. The van der Waals surface area contributed by atoms with E-state index in [-0.39, 0.29) is 6.54 Å². The molecule has 4 nitrogen and oxygen atoms in total. The van der Waals surface area contributed by atoms with Crippen molar-refractivity contribution < 1.29 is 14.6 Å². The van der Waals surface area contributed by atoms with E-state index in [1.165, 1.54) is 0 Å². The molecule has 0 saturated heterocycles. The standard InChI is InChI=1S/C11H14ClNO3/c1-13(7-11(14)15)6-8-3-4-9(16-2)5-10(8)12/h3-5H,6-7H2,1-2H3,(H,14,15). The van der Waals surface area contributed by atoms with Gasteiger partial charge in [0, 0.05) is 11.6 Å². The molecule has 88 valence electrons. The molecule has 16 heavy (non-hydrogen) atoms. The van der Waals surface area contributed by atoms with Gasteiger partial charge >= 0.3 is 5.97 Å². The molecule has 1 N–H and O–H groups in total. The highest BCUT2D eigenvalue weighted by Crippen LogP contribution is 2.23. The van der Waals surface area contributed by atoms with E-state index < -0.39 is 5.97 Å². The second-order valence-corrected chi connectivity index (χ2v) is 3.93. The molecule has 0 aliphatic rings. The van der Waals surface area contributed by atoms with Crippen molar-refractivity contribution in [2.24, 2.45) is 0 Å². The number of hydrogen-bond acceptors (Lipinski definition) is 3. The Morgan fingerprint density at radius 2 is 2.25 bits per heavy atom. The van der Waals surface area contributed by atoms with Crippen LogP contribution < -0.4 is 4.74 Å². The highest BCUT2D eigenvalue weighted by atomic mass is 35.5. The predicted octanol–water partition coefficient (Wildman–Crippen LogP) is 1.86. The summed E-state index contributed by atoms with van der Waals surface area (Å²) in [5.74, 6) is -0.165. The van der Waals surface area contributed by atoms with Gasteiger partial charge in [0.2, 0.25) is 0 Å². The van der Waals surface area contributed by atoms with Crippen LogP contribution in [0, 0.1) is 0 Å². The average molecular weight is 244 g/mol. The first-order valence-corrected chi connectivity index (χ1v) is 5.13. The molecule has 1 aromatic rings. The van der Waals surface area contributed by atoms with Crippen LogP contribution in [0.2, 0.25) is 5.02 Å². The molecule has 0 atom stereocenters. The number of nitrogens with zero attached hydrogens (tertiary/aromatic N) is 1. The van der Waals surface area contributed by atoms with Gasteiger partial charge in [-0.15, -0.1) is 0 Å². The number of carbonyl (C=O) groups is 1. The van der Waals surface area contributed by atoms with E-state index in [2.05, 4.69) is 0 Å². The number of carboxylic acids is 1. The predicted molar refractivity (Wildman–Crippen MR) is 62.0 cm³/mol. The molecule has 1 aromatic carbocycles. The zero-order valence-corrected chi connectivity index (χ0v) is 9.99. The summed E-state index contributed by atoms with van der Waals surface area (Å²) in [6, 6.07) is 5.35. The number of methoxy groups -OCH3 is 1. The Morgan fingerprint density at radius 3 is 2.75 bits per heavy atom. The highest BCUT2D eigenvalue weighted by molar-refractivity contribution is 6.31. The summed E-state index contributed by atoms with van der Waals surface area (Å²) in [5, 5.41) is 9.20. The maximum Gasteiger partial charge on any atom is 0.317 e. The fraction of sp³-hybridized carbons (Fsp3) is 0.364. The van der Waals surface area contributed by atoms with Crippen molar-refractivity contribution in [3.8, 4) is 5.75 Å². The van der Waals surface area contributed by atoms with Gasteiger partial charge in [0.15, 0.2) is 0 Å². The second-order valence-electron chi connectivity index (χ2n) is 3.52. The monoisotopic (exact) mass is 243 g/mol. The van der Waals surface area contributed by atoms with E-state index in [1.54, 1.807) is 31.2 Å². The quantitative estimate of drug-likeness (QED) is 0.858. The Bertz CT molecular complexity index is 381. The lowest BCUT2D eigenvalue weighted by molar-refractivity contribution is -0.138. The van der Waals surface area contributed by atoms with Gasteiger partial charge in [-0.05, 0) is 24.7 Å². The first-order valence-electron chi connectivity index (χ1n) is 4.75. The van der Waals surface area contributed by atoms with Crippen molar-refractivity contribution in [2.75, 3.05) is 20.7 Å². The molecule has 0 aromatic heterocycles. The molecule has 0 heterocycles. The first kappa shape index (κ1) is 12.8. The summed E-state index contributed by atoms with van der Waals surface area (Å²) in [6.45, 7) is 0.484. The minimum Gasteiger partial charge on any atom is -0.497 e. The minimum absolute atomic E-state index is 0.0115. The third kappa shape index (κ3) is 3.72. The molecular formula is C11H14ClNO3. The lowest BCUT2D eigenvalue weighted by Gasteiger charge is -2.15.